The van der Waals surface area contributed by atoms with Gasteiger partial charge in [-0.15, -0.1) is 10.2 Å². The van der Waals surface area contributed by atoms with Crippen LogP contribution in [-0.2, 0) is 11.3 Å². The van der Waals surface area contributed by atoms with Gasteiger partial charge in [0.15, 0.2) is 11.0 Å². The molecule has 2 N–H and O–H groups in total. The molecule has 2 amide bonds. The van der Waals surface area contributed by atoms with Crippen LogP contribution >= 0.6 is 11.8 Å². The summed E-state index contributed by atoms with van der Waals surface area (Å²) in [5.41, 5.74) is 1.16. The van der Waals surface area contributed by atoms with E-state index in [1.54, 1.807) is 28.8 Å². The Morgan fingerprint density at radius 3 is 2.39 bits per heavy atom. The maximum absolute atomic E-state index is 13.9. The predicted octanol–water partition coefficient (Wildman–Crippen LogP) is 5.36. The number of anilines is 1. The Hall–Kier alpha value is -4.57. The first-order valence-electron chi connectivity index (χ1n) is 11.6. The van der Waals surface area contributed by atoms with Crippen LogP contribution in [0.1, 0.15) is 16.2 Å². The van der Waals surface area contributed by atoms with E-state index in [2.05, 4.69) is 20.8 Å². The molecule has 1 aromatic heterocycles. The lowest BCUT2D eigenvalue weighted by Gasteiger charge is -2.12. The zero-order valence-corrected chi connectivity index (χ0v) is 20.7. The fourth-order valence-corrected chi connectivity index (χ4v) is 4.69. The van der Waals surface area contributed by atoms with E-state index in [-0.39, 0.29) is 23.9 Å². The number of carbonyl (C=O) groups is 2. The third-order valence-electron chi connectivity index (χ3n) is 5.71. The first kappa shape index (κ1) is 25.1. The van der Waals surface area contributed by atoms with Crippen molar-refractivity contribution in [3.8, 4) is 5.69 Å². The second kappa shape index (κ2) is 11.2. The minimum absolute atomic E-state index is 0.0361. The number of carbonyl (C=O) groups excluding carboxylic acids is 2. The van der Waals surface area contributed by atoms with Crippen LogP contribution in [-0.4, -0.2) is 32.3 Å². The predicted molar refractivity (Wildman–Crippen MR) is 142 cm³/mol. The highest BCUT2D eigenvalue weighted by Crippen LogP contribution is 2.24. The van der Waals surface area contributed by atoms with E-state index in [0.717, 1.165) is 22.5 Å². The first-order valence-corrected chi connectivity index (χ1v) is 12.6. The number of rotatable bonds is 8. The molecule has 190 valence electrons. The molecule has 38 heavy (non-hydrogen) atoms. The van der Waals surface area contributed by atoms with Crippen LogP contribution in [0.15, 0.2) is 96.2 Å². The topological polar surface area (TPSA) is 88.9 Å². The number of nitrogens with zero attached hydrogens (tertiary/aromatic N) is 3. The lowest BCUT2D eigenvalue weighted by Crippen LogP contribution is -2.25. The molecule has 5 rings (SSSR count). The standard InChI is InChI=1S/C28H21F2N5O2S/c29-19-12-14-20(15-13-19)35-25(16-31-27(37)22-9-5-7-18-6-1-2-8-21(18)22)33-34-28(35)38-17-26(36)32-24-11-4-3-10-23(24)30/h1-15H,16-17H2,(H,31,37)(H,32,36). The molecule has 0 bridgehead atoms. The molecule has 4 aromatic carbocycles. The van der Waals surface area contributed by atoms with Crippen molar-refractivity contribution >= 4 is 40.0 Å². The van der Waals surface area contributed by atoms with Gasteiger partial charge in [-0.3, -0.25) is 14.2 Å². The van der Waals surface area contributed by atoms with E-state index in [1.165, 1.54) is 30.3 Å². The number of benzene rings is 4. The van der Waals surface area contributed by atoms with Crippen LogP contribution in [0.3, 0.4) is 0 Å². The summed E-state index contributed by atoms with van der Waals surface area (Å²) < 4.78 is 29.1. The molecule has 0 aliphatic rings. The quantitative estimate of drug-likeness (QED) is 0.264. The molecule has 1 heterocycles. The lowest BCUT2D eigenvalue weighted by atomic mass is 10.0. The number of fused-ring (bicyclic) bond motifs is 1. The zero-order chi connectivity index (χ0) is 26.5. The van der Waals surface area contributed by atoms with Crippen molar-refractivity contribution in [2.75, 3.05) is 11.1 Å². The van der Waals surface area contributed by atoms with Crippen molar-refractivity contribution in [2.45, 2.75) is 11.7 Å². The summed E-state index contributed by atoms with van der Waals surface area (Å²) in [6.45, 7) is 0.0361. The largest absolute Gasteiger partial charge is 0.345 e. The molecule has 0 aliphatic carbocycles. The van der Waals surface area contributed by atoms with Crippen molar-refractivity contribution in [3.05, 3.63) is 114 Å². The molecule has 0 saturated carbocycles. The van der Waals surface area contributed by atoms with Gasteiger partial charge >= 0.3 is 0 Å². The van der Waals surface area contributed by atoms with E-state index >= 15 is 0 Å². The molecule has 0 aliphatic heterocycles. The van der Waals surface area contributed by atoms with E-state index in [9.17, 15) is 18.4 Å². The summed E-state index contributed by atoms with van der Waals surface area (Å²) in [7, 11) is 0. The summed E-state index contributed by atoms with van der Waals surface area (Å²) in [4.78, 5) is 25.5. The minimum Gasteiger partial charge on any atom is -0.345 e. The van der Waals surface area contributed by atoms with Crippen molar-refractivity contribution in [1.29, 1.82) is 0 Å². The van der Waals surface area contributed by atoms with Gasteiger partial charge in [0, 0.05) is 11.3 Å². The average Bonchev–Trinajstić information content (AvgIpc) is 3.34. The van der Waals surface area contributed by atoms with Gasteiger partial charge in [0.1, 0.15) is 11.6 Å². The SMILES string of the molecule is O=C(CSc1nnc(CNC(=O)c2cccc3ccccc23)n1-c1ccc(F)cc1)Nc1ccccc1F. The highest BCUT2D eigenvalue weighted by atomic mass is 32.2. The van der Waals surface area contributed by atoms with Gasteiger partial charge in [-0.1, -0.05) is 60.3 Å². The van der Waals surface area contributed by atoms with Gasteiger partial charge in [-0.25, -0.2) is 8.78 Å². The van der Waals surface area contributed by atoms with Crippen LogP contribution in [0, 0.1) is 11.6 Å². The Labute approximate surface area is 220 Å². The fourth-order valence-electron chi connectivity index (χ4n) is 3.91. The number of para-hydroxylation sites is 1. The van der Waals surface area contributed by atoms with Crippen LogP contribution in [0.4, 0.5) is 14.5 Å². The highest BCUT2D eigenvalue weighted by molar-refractivity contribution is 7.99. The van der Waals surface area contributed by atoms with Crippen LogP contribution in [0.25, 0.3) is 16.5 Å². The number of thioether (sulfide) groups is 1. The highest BCUT2D eigenvalue weighted by Gasteiger charge is 2.18. The number of hydrogen-bond acceptors (Lipinski definition) is 5. The summed E-state index contributed by atoms with van der Waals surface area (Å²) in [6.07, 6.45) is 0. The Balaban J connectivity index is 1.35. The van der Waals surface area contributed by atoms with Crippen molar-refractivity contribution < 1.29 is 18.4 Å². The van der Waals surface area contributed by atoms with Gasteiger partial charge in [-0.2, -0.15) is 0 Å². The molecular weight excluding hydrogens is 508 g/mol. The molecule has 0 radical (unpaired) electrons. The molecule has 7 nitrogen and oxygen atoms in total. The van der Waals surface area contributed by atoms with Gasteiger partial charge in [0.25, 0.3) is 5.91 Å². The zero-order valence-electron chi connectivity index (χ0n) is 19.9. The summed E-state index contributed by atoms with van der Waals surface area (Å²) in [5.74, 6) is -1.35. The molecule has 0 spiro atoms. The summed E-state index contributed by atoms with van der Waals surface area (Å²) in [5, 5.41) is 15.9. The molecule has 0 fully saturated rings. The van der Waals surface area contributed by atoms with Gasteiger partial charge < -0.3 is 10.6 Å². The smallest absolute Gasteiger partial charge is 0.252 e. The first-order chi connectivity index (χ1) is 18.5. The van der Waals surface area contributed by atoms with E-state index in [0.29, 0.717) is 22.2 Å². The summed E-state index contributed by atoms with van der Waals surface area (Å²) >= 11 is 1.08. The second-order valence-electron chi connectivity index (χ2n) is 8.24. The molecule has 5 aromatic rings. The molecule has 0 unspecified atom stereocenters. The van der Waals surface area contributed by atoms with Crippen LogP contribution in [0.2, 0.25) is 0 Å². The number of aromatic nitrogens is 3. The maximum atomic E-state index is 13.9. The summed E-state index contributed by atoms with van der Waals surface area (Å²) in [6, 6.07) is 24.7. The lowest BCUT2D eigenvalue weighted by molar-refractivity contribution is -0.113. The molecular formula is C28H21F2N5O2S. The van der Waals surface area contributed by atoms with Gasteiger partial charge in [0.2, 0.25) is 5.91 Å². The van der Waals surface area contributed by atoms with Crippen LogP contribution in [0.5, 0.6) is 0 Å². The van der Waals surface area contributed by atoms with Crippen molar-refractivity contribution in [2.24, 2.45) is 0 Å². The molecule has 10 heteroatoms. The number of halogens is 2. The van der Waals surface area contributed by atoms with E-state index in [1.807, 2.05) is 36.4 Å². The van der Waals surface area contributed by atoms with E-state index in [4.69, 9.17) is 0 Å². The Bertz CT molecular complexity index is 1620. The van der Waals surface area contributed by atoms with Crippen LogP contribution < -0.4 is 10.6 Å². The normalized spacial score (nSPS) is 10.9. The van der Waals surface area contributed by atoms with E-state index < -0.39 is 17.5 Å². The van der Waals surface area contributed by atoms with Crippen molar-refractivity contribution in [1.82, 2.24) is 20.1 Å². The molecule has 0 saturated heterocycles. The molecule has 0 atom stereocenters. The third kappa shape index (κ3) is 5.55. The third-order valence-corrected chi connectivity index (χ3v) is 6.64. The van der Waals surface area contributed by atoms with Crippen molar-refractivity contribution in [3.63, 3.8) is 0 Å². The monoisotopic (exact) mass is 529 g/mol. The van der Waals surface area contributed by atoms with Gasteiger partial charge in [-0.05, 0) is 53.2 Å². The number of amides is 2. The Morgan fingerprint density at radius 2 is 1.58 bits per heavy atom. The van der Waals surface area contributed by atoms with Gasteiger partial charge in [0.05, 0.1) is 18.0 Å². The Kier molecular flexibility index (Phi) is 7.41. The average molecular weight is 530 g/mol. The maximum Gasteiger partial charge on any atom is 0.252 e. The second-order valence-corrected chi connectivity index (χ2v) is 9.18. The number of hydrogen-bond donors (Lipinski definition) is 2. The number of nitrogens with one attached hydrogen (secondary N) is 2. The fraction of sp³-hybridized carbons (Fsp3) is 0.0714. The Morgan fingerprint density at radius 1 is 0.842 bits per heavy atom. The minimum atomic E-state index is -0.537.